The lowest BCUT2D eigenvalue weighted by atomic mass is 9.84. The number of carbonyl (C=O) groups is 1. The first kappa shape index (κ1) is 20.3. The van der Waals surface area contributed by atoms with Crippen molar-refractivity contribution in [3.05, 3.63) is 34.9 Å². The lowest BCUT2D eigenvalue weighted by Crippen LogP contribution is -2.50. The smallest absolute Gasteiger partial charge is 0.309 e. The molecular weight excluding hydrogens is 336 g/mol. The van der Waals surface area contributed by atoms with E-state index in [1.807, 2.05) is 13.8 Å². The topological polar surface area (TPSA) is 52.6 Å². The number of carboxylic acid groups (broad SMARTS) is 1. The first-order valence-electron chi connectivity index (χ1n) is 10.6. The van der Waals surface area contributed by atoms with Crippen molar-refractivity contribution in [2.45, 2.75) is 77.8 Å². The van der Waals surface area contributed by atoms with E-state index in [2.05, 4.69) is 35.3 Å². The van der Waals surface area contributed by atoms with Gasteiger partial charge in [0.05, 0.1) is 5.41 Å². The van der Waals surface area contributed by atoms with Crippen LogP contribution in [0.15, 0.2) is 18.2 Å². The van der Waals surface area contributed by atoms with Gasteiger partial charge in [-0.1, -0.05) is 23.8 Å². The van der Waals surface area contributed by atoms with E-state index in [0.29, 0.717) is 5.54 Å². The number of rotatable bonds is 7. The molecule has 2 fully saturated rings. The summed E-state index contributed by atoms with van der Waals surface area (Å²) in [5.41, 5.74) is 3.90. The average molecular weight is 373 g/mol. The van der Waals surface area contributed by atoms with Crippen LogP contribution in [-0.4, -0.2) is 41.1 Å². The number of aryl methyl sites for hydroxylation is 2. The highest BCUT2D eigenvalue weighted by atomic mass is 16.4. The normalized spacial score (nSPS) is 20.3. The van der Waals surface area contributed by atoms with Crippen LogP contribution >= 0.6 is 0 Å². The summed E-state index contributed by atoms with van der Waals surface area (Å²) in [6.07, 6.45) is 7.79. The van der Waals surface area contributed by atoms with E-state index in [1.54, 1.807) is 0 Å². The van der Waals surface area contributed by atoms with Crippen molar-refractivity contribution in [3.63, 3.8) is 0 Å². The Morgan fingerprint density at radius 3 is 2.67 bits per heavy atom. The van der Waals surface area contributed by atoms with Crippen LogP contribution in [-0.2, 0) is 17.8 Å². The number of benzene rings is 1. The van der Waals surface area contributed by atoms with E-state index >= 15 is 0 Å². The van der Waals surface area contributed by atoms with Gasteiger partial charge >= 0.3 is 5.97 Å². The monoisotopic (exact) mass is 372 g/mol. The molecule has 0 unspecified atom stereocenters. The van der Waals surface area contributed by atoms with Crippen LogP contribution < -0.4 is 5.32 Å². The maximum absolute atomic E-state index is 11.4. The highest BCUT2D eigenvalue weighted by Crippen LogP contribution is 2.38. The Morgan fingerprint density at radius 1 is 1.22 bits per heavy atom. The predicted octanol–water partition coefficient (Wildman–Crippen LogP) is 4.15. The Morgan fingerprint density at radius 2 is 1.96 bits per heavy atom. The minimum absolute atomic E-state index is 0.401. The second kappa shape index (κ2) is 8.32. The molecule has 1 aromatic carbocycles. The molecule has 0 saturated carbocycles. The summed E-state index contributed by atoms with van der Waals surface area (Å²) < 4.78 is 0. The second-order valence-corrected chi connectivity index (χ2v) is 9.31. The molecule has 4 nitrogen and oxygen atoms in total. The van der Waals surface area contributed by atoms with Crippen LogP contribution in [0, 0.1) is 12.3 Å². The predicted molar refractivity (Wildman–Crippen MR) is 110 cm³/mol. The molecule has 2 N–H and O–H groups in total. The van der Waals surface area contributed by atoms with E-state index in [0.717, 1.165) is 38.9 Å². The lowest BCUT2D eigenvalue weighted by molar-refractivity contribution is -0.147. The minimum atomic E-state index is -0.697. The largest absolute Gasteiger partial charge is 0.481 e. The SMILES string of the molecule is Cc1ccc(CN2CCCC23CCNCC3)c(CCCC(C)(C)C(=O)O)c1. The number of hydrogen-bond acceptors (Lipinski definition) is 3. The van der Waals surface area contributed by atoms with Crippen LogP contribution in [0.5, 0.6) is 0 Å². The first-order valence-corrected chi connectivity index (χ1v) is 10.6. The zero-order chi connectivity index (χ0) is 19.5. The Hall–Kier alpha value is -1.39. The van der Waals surface area contributed by atoms with Crippen LogP contribution in [0.4, 0.5) is 0 Å². The van der Waals surface area contributed by atoms with Gasteiger partial charge in [0.25, 0.3) is 0 Å². The third kappa shape index (κ3) is 4.72. The van der Waals surface area contributed by atoms with Crippen molar-refractivity contribution in [2.24, 2.45) is 5.41 Å². The average Bonchev–Trinajstić information content (AvgIpc) is 2.99. The molecule has 2 aliphatic rings. The fraction of sp³-hybridized carbons (Fsp3) is 0.696. The number of nitrogens with zero attached hydrogens (tertiary/aromatic N) is 1. The van der Waals surface area contributed by atoms with Gasteiger partial charge in [-0.05, 0) is 96.5 Å². The molecule has 27 heavy (non-hydrogen) atoms. The fourth-order valence-corrected chi connectivity index (χ4v) is 4.87. The molecule has 2 heterocycles. The number of aliphatic carboxylic acids is 1. The number of likely N-dealkylation sites (tertiary alicyclic amines) is 1. The minimum Gasteiger partial charge on any atom is -0.481 e. The third-order valence-electron chi connectivity index (χ3n) is 6.83. The highest BCUT2D eigenvalue weighted by molar-refractivity contribution is 5.73. The van der Waals surface area contributed by atoms with Gasteiger partial charge in [-0.2, -0.15) is 0 Å². The molecule has 0 atom stereocenters. The first-order chi connectivity index (χ1) is 12.8. The summed E-state index contributed by atoms with van der Waals surface area (Å²) in [4.78, 5) is 14.1. The zero-order valence-corrected chi connectivity index (χ0v) is 17.3. The highest BCUT2D eigenvalue weighted by Gasteiger charge is 2.41. The fourth-order valence-electron chi connectivity index (χ4n) is 4.87. The van der Waals surface area contributed by atoms with Gasteiger partial charge in [-0.25, -0.2) is 0 Å². The summed E-state index contributed by atoms with van der Waals surface area (Å²) in [5, 5.41) is 12.9. The molecule has 0 aliphatic carbocycles. The molecule has 1 aromatic rings. The van der Waals surface area contributed by atoms with Crippen LogP contribution in [0.25, 0.3) is 0 Å². The summed E-state index contributed by atoms with van der Waals surface area (Å²) in [6.45, 7) is 10.3. The molecular formula is C23H36N2O2. The van der Waals surface area contributed by atoms with E-state index < -0.39 is 11.4 Å². The zero-order valence-electron chi connectivity index (χ0n) is 17.3. The summed E-state index contributed by atoms with van der Waals surface area (Å²) >= 11 is 0. The summed E-state index contributed by atoms with van der Waals surface area (Å²) in [6, 6.07) is 6.85. The number of hydrogen-bond donors (Lipinski definition) is 2. The molecule has 0 aromatic heterocycles. The molecule has 3 rings (SSSR count). The third-order valence-corrected chi connectivity index (χ3v) is 6.83. The summed E-state index contributed by atoms with van der Waals surface area (Å²) in [7, 11) is 0. The summed E-state index contributed by atoms with van der Waals surface area (Å²) in [5.74, 6) is -0.697. The van der Waals surface area contributed by atoms with Gasteiger partial charge in [-0.3, -0.25) is 9.69 Å². The number of carboxylic acids is 1. The van der Waals surface area contributed by atoms with Crippen LogP contribution in [0.3, 0.4) is 0 Å². The molecule has 2 aliphatic heterocycles. The van der Waals surface area contributed by atoms with Crippen LogP contribution in [0.1, 0.15) is 69.1 Å². The van der Waals surface area contributed by atoms with Gasteiger partial charge in [-0.15, -0.1) is 0 Å². The Kier molecular flexibility index (Phi) is 6.27. The van der Waals surface area contributed by atoms with Gasteiger partial charge in [0.2, 0.25) is 0 Å². The molecule has 0 radical (unpaired) electrons. The quantitative estimate of drug-likeness (QED) is 0.755. The Bertz CT molecular complexity index is 662. The Balaban J connectivity index is 1.69. The van der Waals surface area contributed by atoms with Crippen LogP contribution in [0.2, 0.25) is 0 Å². The molecule has 0 bridgehead atoms. The number of piperidine rings is 1. The molecule has 1 spiro atoms. The second-order valence-electron chi connectivity index (χ2n) is 9.31. The van der Waals surface area contributed by atoms with E-state index in [4.69, 9.17) is 0 Å². The van der Waals surface area contributed by atoms with E-state index in [1.165, 1.54) is 48.9 Å². The van der Waals surface area contributed by atoms with Gasteiger partial charge in [0.1, 0.15) is 0 Å². The van der Waals surface area contributed by atoms with Crippen molar-refractivity contribution < 1.29 is 9.90 Å². The molecule has 2 saturated heterocycles. The maximum atomic E-state index is 11.4. The van der Waals surface area contributed by atoms with Gasteiger partial charge < -0.3 is 10.4 Å². The van der Waals surface area contributed by atoms with E-state index in [9.17, 15) is 9.90 Å². The van der Waals surface area contributed by atoms with Crippen molar-refractivity contribution in [2.75, 3.05) is 19.6 Å². The molecule has 150 valence electrons. The van der Waals surface area contributed by atoms with E-state index in [-0.39, 0.29) is 0 Å². The van der Waals surface area contributed by atoms with Crippen molar-refractivity contribution in [1.29, 1.82) is 0 Å². The maximum Gasteiger partial charge on any atom is 0.309 e. The molecule has 0 amide bonds. The lowest BCUT2D eigenvalue weighted by Gasteiger charge is -2.42. The van der Waals surface area contributed by atoms with Gasteiger partial charge in [0.15, 0.2) is 0 Å². The molecule has 4 heteroatoms. The number of nitrogens with one attached hydrogen (secondary N) is 1. The van der Waals surface area contributed by atoms with Gasteiger partial charge in [0, 0.05) is 12.1 Å². The van der Waals surface area contributed by atoms with Crippen molar-refractivity contribution in [3.8, 4) is 0 Å². The van der Waals surface area contributed by atoms with Crippen molar-refractivity contribution in [1.82, 2.24) is 10.2 Å². The standard InChI is InChI=1S/C23H36N2O2/c1-18-7-8-20(19(16-18)6-4-9-22(2,3)21(26)27)17-25-15-5-10-23(25)11-13-24-14-12-23/h7-8,16,24H,4-6,9-15,17H2,1-3H3,(H,26,27). The van der Waals surface area contributed by atoms with Crippen molar-refractivity contribution >= 4 is 5.97 Å². The Labute approximate surface area is 164 Å².